The van der Waals surface area contributed by atoms with Gasteiger partial charge < -0.3 is 21.1 Å². The van der Waals surface area contributed by atoms with Gasteiger partial charge in [-0.2, -0.15) is 0 Å². The van der Waals surface area contributed by atoms with Crippen molar-refractivity contribution in [2.45, 2.75) is 6.54 Å². The van der Waals surface area contributed by atoms with Crippen molar-refractivity contribution < 1.29 is 5.11 Å². The van der Waals surface area contributed by atoms with E-state index in [4.69, 9.17) is 0 Å². The van der Waals surface area contributed by atoms with Crippen LogP contribution in [0.4, 0.5) is 0 Å². The number of aromatic hydroxyl groups is 1. The van der Waals surface area contributed by atoms with E-state index in [1.807, 2.05) is 12.1 Å². The van der Waals surface area contributed by atoms with Gasteiger partial charge in [-0.25, -0.2) is 0 Å². The van der Waals surface area contributed by atoms with E-state index >= 15 is 0 Å². The third-order valence-corrected chi connectivity index (χ3v) is 3.51. The van der Waals surface area contributed by atoms with E-state index < -0.39 is 0 Å². The third kappa shape index (κ3) is 5.88. The van der Waals surface area contributed by atoms with Gasteiger partial charge in [0.1, 0.15) is 5.75 Å². The topological polar surface area (TPSA) is 59.6 Å². The van der Waals surface area contributed by atoms with Crippen LogP contribution >= 0.6 is 0 Å². The summed E-state index contributed by atoms with van der Waals surface area (Å²) in [4.78, 5) is 2.45. The molecule has 1 aliphatic heterocycles. The Kier molecular flexibility index (Phi) is 6.80. The SMILES string of the molecule is Oc1ccc(CN2CCNCCNCCNCC2)cc1. The van der Waals surface area contributed by atoms with Crippen molar-refractivity contribution in [3.8, 4) is 5.75 Å². The summed E-state index contributed by atoms with van der Waals surface area (Å²) in [6.45, 7) is 9.14. The van der Waals surface area contributed by atoms with E-state index in [1.54, 1.807) is 12.1 Å². The van der Waals surface area contributed by atoms with Crippen molar-refractivity contribution in [1.29, 1.82) is 0 Å². The summed E-state index contributed by atoms with van der Waals surface area (Å²) in [7, 11) is 0. The number of rotatable bonds is 2. The number of hydrogen-bond acceptors (Lipinski definition) is 5. The molecule has 1 heterocycles. The minimum Gasteiger partial charge on any atom is -0.508 e. The molecule has 0 spiro atoms. The predicted molar refractivity (Wildman–Crippen MR) is 82.0 cm³/mol. The summed E-state index contributed by atoms with van der Waals surface area (Å²) >= 11 is 0. The van der Waals surface area contributed by atoms with Crippen LogP contribution < -0.4 is 16.0 Å². The van der Waals surface area contributed by atoms with Crippen LogP contribution in [0.15, 0.2) is 24.3 Å². The number of nitrogens with one attached hydrogen (secondary N) is 3. The Labute approximate surface area is 121 Å². The number of phenols is 1. The lowest BCUT2D eigenvalue weighted by Crippen LogP contribution is -2.41. The van der Waals surface area contributed by atoms with Crippen molar-refractivity contribution in [3.05, 3.63) is 29.8 Å². The molecule has 0 unspecified atom stereocenters. The fraction of sp³-hybridized carbons (Fsp3) is 0.600. The maximum Gasteiger partial charge on any atom is 0.115 e. The molecule has 4 N–H and O–H groups in total. The zero-order valence-corrected chi connectivity index (χ0v) is 12.1. The first-order valence-corrected chi connectivity index (χ1v) is 7.47. The van der Waals surface area contributed by atoms with Crippen LogP contribution in [0, 0.1) is 0 Å². The lowest BCUT2D eigenvalue weighted by atomic mass is 10.2. The molecular weight excluding hydrogens is 252 g/mol. The summed E-state index contributed by atoms with van der Waals surface area (Å²) in [6.07, 6.45) is 0. The van der Waals surface area contributed by atoms with E-state index in [-0.39, 0.29) is 0 Å². The predicted octanol–water partition coefficient (Wildman–Crippen LogP) is -0.0234. The quantitative estimate of drug-likeness (QED) is 0.612. The summed E-state index contributed by atoms with van der Waals surface area (Å²) in [5.74, 6) is 0.332. The number of phenolic OH excluding ortho intramolecular Hbond substituents is 1. The van der Waals surface area contributed by atoms with Crippen LogP contribution in [0.3, 0.4) is 0 Å². The van der Waals surface area contributed by atoms with Crippen molar-refractivity contribution in [1.82, 2.24) is 20.9 Å². The molecule has 2 rings (SSSR count). The fourth-order valence-corrected chi connectivity index (χ4v) is 2.33. The molecule has 20 heavy (non-hydrogen) atoms. The summed E-state index contributed by atoms with van der Waals surface area (Å²) < 4.78 is 0. The number of hydrogen-bond donors (Lipinski definition) is 4. The first kappa shape index (κ1) is 15.3. The van der Waals surface area contributed by atoms with Gasteiger partial charge in [0.2, 0.25) is 0 Å². The highest BCUT2D eigenvalue weighted by Crippen LogP contribution is 2.11. The summed E-state index contributed by atoms with van der Waals surface area (Å²) in [5.41, 5.74) is 1.25. The molecule has 0 atom stereocenters. The van der Waals surface area contributed by atoms with Gasteiger partial charge in [-0.1, -0.05) is 12.1 Å². The maximum absolute atomic E-state index is 9.33. The Bertz CT molecular complexity index is 357. The van der Waals surface area contributed by atoms with Gasteiger partial charge in [-0.15, -0.1) is 0 Å². The van der Waals surface area contributed by atoms with Crippen molar-refractivity contribution in [2.24, 2.45) is 0 Å². The Morgan fingerprint density at radius 3 is 1.85 bits per heavy atom. The second-order valence-electron chi connectivity index (χ2n) is 5.19. The highest BCUT2D eigenvalue weighted by atomic mass is 16.3. The fourth-order valence-electron chi connectivity index (χ4n) is 2.33. The lowest BCUT2D eigenvalue weighted by molar-refractivity contribution is 0.263. The molecule has 1 aliphatic rings. The highest BCUT2D eigenvalue weighted by molar-refractivity contribution is 5.25. The van der Waals surface area contributed by atoms with Crippen LogP contribution in [0.5, 0.6) is 5.75 Å². The lowest BCUT2D eigenvalue weighted by Gasteiger charge is -2.23. The van der Waals surface area contributed by atoms with Crippen LogP contribution in [-0.4, -0.2) is 62.4 Å². The van der Waals surface area contributed by atoms with Gasteiger partial charge in [0.15, 0.2) is 0 Å². The van der Waals surface area contributed by atoms with Gasteiger partial charge in [-0.05, 0) is 17.7 Å². The number of nitrogens with zero attached hydrogens (tertiary/aromatic N) is 1. The molecule has 1 aromatic rings. The molecule has 112 valence electrons. The minimum atomic E-state index is 0.332. The summed E-state index contributed by atoms with van der Waals surface area (Å²) in [5, 5.41) is 19.7. The van der Waals surface area contributed by atoms with Gasteiger partial charge in [0, 0.05) is 58.9 Å². The molecule has 0 amide bonds. The normalized spacial score (nSPS) is 20.0. The first-order chi connectivity index (χ1) is 9.84. The van der Waals surface area contributed by atoms with Crippen molar-refractivity contribution in [2.75, 3.05) is 52.4 Å². The van der Waals surface area contributed by atoms with Gasteiger partial charge in [0.25, 0.3) is 0 Å². The van der Waals surface area contributed by atoms with Crippen molar-refractivity contribution >= 4 is 0 Å². The molecule has 0 saturated carbocycles. The van der Waals surface area contributed by atoms with Crippen molar-refractivity contribution in [3.63, 3.8) is 0 Å². The average Bonchev–Trinajstić information content (AvgIpc) is 2.44. The molecule has 1 saturated heterocycles. The van der Waals surface area contributed by atoms with E-state index in [9.17, 15) is 5.11 Å². The Morgan fingerprint density at radius 1 is 0.800 bits per heavy atom. The molecule has 1 fully saturated rings. The summed E-state index contributed by atoms with van der Waals surface area (Å²) in [6, 6.07) is 7.51. The van der Waals surface area contributed by atoms with Crippen LogP contribution in [0.2, 0.25) is 0 Å². The molecular formula is C15H26N4O. The number of benzene rings is 1. The second kappa shape index (κ2) is 8.92. The molecule has 0 bridgehead atoms. The van der Waals surface area contributed by atoms with Gasteiger partial charge in [-0.3, -0.25) is 4.90 Å². The Hall–Kier alpha value is -1.14. The Balaban J connectivity index is 1.83. The third-order valence-electron chi connectivity index (χ3n) is 3.51. The molecule has 1 aromatic carbocycles. The van der Waals surface area contributed by atoms with E-state index in [0.717, 1.165) is 58.9 Å². The van der Waals surface area contributed by atoms with E-state index in [2.05, 4.69) is 20.9 Å². The molecule has 5 heteroatoms. The zero-order chi connectivity index (χ0) is 14.0. The molecule has 0 aliphatic carbocycles. The van der Waals surface area contributed by atoms with Crippen LogP contribution in [0.25, 0.3) is 0 Å². The Morgan fingerprint density at radius 2 is 1.30 bits per heavy atom. The smallest absolute Gasteiger partial charge is 0.115 e. The van der Waals surface area contributed by atoms with E-state index in [1.165, 1.54) is 5.56 Å². The second-order valence-corrected chi connectivity index (χ2v) is 5.19. The largest absolute Gasteiger partial charge is 0.508 e. The monoisotopic (exact) mass is 278 g/mol. The highest BCUT2D eigenvalue weighted by Gasteiger charge is 2.06. The maximum atomic E-state index is 9.33. The standard InChI is InChI=1S/C15H26N4O/c20-15-3-1-14(2-4-15)13-19-11-9-17-7-5-16-6-8-18-10-12-19/h1-4,16-18,20H,5-13H2. The van der Waals surface area contributed by atoms with Gasteiger partial charge in [0.05, 0.1) is 0 Å². The first-order valence-electron chi connectivity index (χ1n) is 7.47. The van der Waals surface area contributed by atoms with Crippen LogP contribution in [-0.2, 0) is 6.54 Å². The average molecular weight is 278 g/mol. The van der Waals surface area contributed by atoms with Gasteiger partial charge >= 0.3 is 0 Å². The molecule has 5 nitrogen and oxygen atoms in total. The minimum absolute atomic E-state index is 0.332. The molecule has 0 radical (unpaired) electrons. The molecule has 0 aromatic heterocycles. The van der Waals surface area contributed by atoms with Crippen LogP contribution in [0.1, 0.15) is 5.56 Å². The zero-order valence-electron chi connectivity index (χ0n) is 12.1. The van der Waals surface area contributed by atoms with E-state index in [0.29, 0.717) is 5.75 Å².